The number of ether oxygens (including phenoxy) is 1. The third-order valence-electron chi connectivity index (χ3n) is 4.89. The first-order valence-corrected chi connectivity index (χ1v) is 10.2. The molecule has 0 atom stereocenters. The molecule has 8 heteroatoms. The Hall–Kier alpha value is -1.67. The first kappa shape index (κ1) is 21.6. The highest BCUT2D eigenvalue weighted by molar-refractivity contribution is 5.79. The van der Waals surface area contributed by atoms with Crippen LogP contribution in [0.1, 0.15) is 44.8 Å². The van der Waals surface area contributed by atoms with E-state index in [1.165, 1.54) is 12.8 Å². The summed E-state index contributed by atoms with van der Waals surface area (Å²) in [5.41, 5.74) is 0. The minimum absolute atomic E-state index is 0.524. The number of unbranched alkanes of at least 4 members (excludes halogenated alkanes) is 1. The first-order chi connectivity index (χ1) is 13.1. The van der Waals surface area contributed by atoms with Crippen LogP contribution in [0.2, 0.25) is 0 Å². The molecule has 2 rings (SSSR count). The Labute approximate surface area is 163 Å². The van der Waals surface area contributed by atoms with E-state index in [2.05, 4.69) is 39.6 Å². The third kappa shape index (κ3) is 8.26. The zero-order valence-electron chi connectivity index (χ0n) is 17.5. The Morgan fingerprint density at radius 2 is 1.89 bits per heavy atom. The van der Waals surface area contributed by atoms with Crippen LogP contribution in [0.5, 0.6) is 0 Å². The highest BCUT2D eigenvalue weighted by Gasteiger charge is 2.10. The molecule has 1 aliphatic heterocycles. The zero-order valence-corrected chi connectivity index (χ0v) is 17.5. The largest absolute Gasteiger partial charge is 0.379 e. The Kier molecular flexibility index (Phi) is 9.55. The van der Waals surface area contributed by atoms with Crippen molar-refractivity contribution in [3.05, 3.63) is 11.6 Å². The summed E-state index contributed by atoms with van der Waals surface area (Å²) in [5.74, 6) is 3.41. The molecule has 0 saturated carbocycles. The van der Waals surface area contributed by atoms with Crippen LogP contribution in [0.25, 0.3) is 0 Å². The molecule has 1 saturated heterocycles. The van der Waals surface area contributed by atoms with E-state index in [0.717, 1.165) is 75.9 Å². The Bertz CT molecular complexity index is 564. The molecule has 0 radical (unpaired) electrons. The summed E-state index contributed by atoms with van der Waals surface area (Å²) < 4.78 is 7.39. The number of rotatable bonds is 10. The van der Waals surface area contributed by atoms with Crippen molar-refractivity contribution in [2.24, 2.45) is 18.0 Å². The smallest absolute Gasteiger partial charge is 0.191 e. The summed E-state index contributed by atoms with van der Waals surface area (Å²) in [5, 5.41) is 15.2. The van der Waals surface area contributed by atoms with Gasteiger partial charge in [-0.1, -0.05) is 26.7 Å². The molecule has 1 aromatic rings. The van der Waals surface area contributed by atoms with Crippen LogP contribution in [-0.2, 0) is 18.3 Å². The van der Waals surface area contributed by atoms with E-state index < -0.39 is 0 Å². The predicted octanol–water partition coefficient (Wildman–Crippen LogP) is 1.32. The van der Waals surface area contributed by atoms with Gasteiger partial charge in [-0.2, -0.15) is 0 Å². The van der Waals surface area contributed by atoms with Crippen LogP contribution < -0.4 is 10.6 Å². The molecule has 1 fully saturated rings. The second-order valence-corrected chi connectivity index (χ2v) is 7.58. The summed E-state index contributed by atoms with van der Waals surface area (Å²) in [6.07, 6.45) is 3.68. The molecule has 2 heterocycles. The molecular weight excluding hydrogens is 342 g/mol. The van der Waals surface area contributed by atoms with Gasteiger partial charge < -0.3 is 19.9 Å². The van der Waals surface area contributed by atoms with Crippen LogP contribution in [0.4, 0.5) is 0 Å². The predicted molar refractivity (Wildman–Crippen MR) is 109 cm³/mol. The number of aliphatic imine (C=N–C) groups is 1. The maximum Gasteiger partial charge on any atom is 0.191 e. The fraction of sp³-hybridized carbons (Fsp3) is 0.842. The highest BCUT2D eigenvalue weighted by Crippen LogP contribution is 2.05. The maximum atomic E-state index is 5.41. The fourth-order valence-electron chi connectivity index (χ4n) is 2.95. The fourth-order valence-corrected chi connectivity index (χ4v) is 2.95. The van der Waals surface area contributed by atoms with Gasteiger partial charge in [0.05, 0.1) is 13.2 Å². The lowest BCUT2D eigenvalue weighted by atomic mass is 10.1. The highest BCUT2D eigenvalue weighted by atomic mass is 16.5. The normalized spacial score (nSPS) is 16.1. The minimum atomic E-state index is 0.524. The molecule has 27 heavy (non-hydrogen) atoms. The molecule has 0 bridgehead atoms. The summed E-state index contributed by atoms with van der Waals surface area (Å²) >= 11 is 0. The quantitative estimate of drug-likeness (QED) is 0.363. The van der Waals surface area contributed by atoms with E-state index >= 15 is 0 Å². The standard InChI is InChI=1S/C19H37N7O/c1-16(2)7-5-6-8-20-19(21-9-10-26-11-13-27-14-12-26)22-15-18-24-23-17(3)25(18)4/h16H,5-15H2,1-4H3,(H2,20,21,22). The van der Waals surface area contributed by atoms with Crippen molar-refractivity contribution in [2.75, 3.05) is 45.9 Å². The average Bonchev–Trinajstić information content (AvgIpc) is 2.98. The molecule has 1 aromatic heterocycles. The van der Waals surface area contributed by atoms with Crippen molar-refractivity contribution >= 4 is 5.96 Å². The van der Waals surface area contributed by atoms with Crippen LogP contribution in [0, 0.1) is 12.8 Å². The number of morpholine rings is 1. The SMILES string of the molecule is Cc1nnc(CN=C(NCCCCC(C)C)NCCN2CCOCC2)n1C. The number of hydrogen-bond donors (Lipinski definition) is 2. The van der Waals surface area contributed by atoms with E-state index in [1.807, 2.05) is 18.5 Å². The van der Waals surface area contributed by atoms with Gasteiger partial charge in [0.2, 0.25) is 0 Å². The van der Waals surface area contributed by atoms with E-state index in [1.54, 1.807) is 0 Å². The Morgan fingerprint density at radius 3 is 2.56 bits per heavy atom. The van der Waals surface area contributed by atoms with Gasteiger partial charge in [0.1, 0.15) is 12.4 Å². The zero-order chi connectivity index (χ0) is 19.5. The van der Waals surface area contributed by atoms with Gasteiger partial charge in [0, 0.05) is 39.8 Å². The first-order valence-electron chi connectivity index (χ1n) is 10.2. The van der Waals surface area contributed by atoms with E-state index in [-0.39, 0.29) is 0 Å². The molecule has 0 unspecified atom stereocenters. The van der Waals surface area contributed by atoms with Crippen LogP contribution in [0.3, 0.4) is 0 Å². The summed E-state index contributed by atoms with van der Waals surface area (Å²) in [7, 11) is 1.98. The van der Waals surface area contributed by atoms with Gasteiger partial charge in [0.15, 0.2) is 11.8 Å². The topological polar surface area (TPSA) is 79.6 Å². The number of nitrogens with one attached hydrogen (secondary N) is 2. The van der Waals surface area contributed by atoms with Crippen LogP contribution >= 0.6 is 0 Å². The van der Waals surface area contributed by atoms with Crippen molar-refractivity contribution in [2.45, 2.75) is 46.6 Å². The number of guanidine groups is 1. The molecule has 0 spiro atoms. The monoisotopic (exact) mass is 379 g/mol. The molecule has 8 nitrogen and oxygen atoms in total. The second-order valence-electron chi connectivity index (χ2n) is 7.58. The molecule has 1 aliphatic rings. The van der Waals surface area contributed by atoms with Crippen molar-refractivity contribution in [1.29, 1.82) is 0 Å². The van der Waals surface area contributed by atoms with Gasteiger partial charge in [-0.15, -0.1) is 10.2 Å². The van der Waals surface area contributed by atoms with Gasteiger partial charge in [-0.25, -0.2) is 4.99 Å². The molecule has 2 N–H and O–H groups in total. The van der Waals surface area contributed by atoms with Gasteiger partial charge in [-0.3, -0.25) is 4.90 Å². The number of nitrogens with zero attached hydrogens (tertiary/aromatic N) is 5. The summed E-state index contributed by atoms with van der Waals surface area (Å²) in [6, 6.07) is 0. The van der Waals surface area contributed by atoms with Gasteiger partial charge in [-0.05, 0) is 19.3 Å². The third-order valence-corrected chi connectivity index (χ3v) is 4.89. The number of aryl methyl sites for hydroxylation is 1. The molecule has 0 amide bonds. The van der Waals surface area contributed by atoms with Crippen molar-refractivity contribution in [1.82, 2.24) is 30.3 Å². The van der Waals surface area contributed by atoms with Gasteiger partial charge >= 0.3 is 0 Å². The second kappa shape index (κ2) is 11.9. The van der Waals surface area contributed by atoms with Crippen molar-refractivity contribution < 1.29 is 4.74 Å². The molecule has 154 valence electrons. The Balaban J connectivity index is 1.80. The number of aromatic nitrogens is 3. The molecule has 0 aromatic carbocycles. The van der Waals surface area contributed by atoms with E-state index in [4.69, 9.17) is 9.73 Å². The average molecular weight is 380 g/mol. The Morgan fingerprint density at radius 1 is 1.15 bits per heavy atom. The van der Waals surface area contributed by atoms with E-state index in [9.17, 15) is 0 Å². The van der Waals surface area contributed by atoms with Gasteiger partial charge in [0.25, 0.3) is 0 Å². The minimum Gasteiger partial charge on any atom is -0.379 e. The van der Waals surface area contributed by atoms with Crippen molar-refractivity contribution in [3.8, 4) is 0 Å². The maximum absolute atomic E-state index is 5.41. The molecule has 0 aliphatic carbocycles. The van der Waals surface area contributed by atoms with Crippen LogP contribution in [0.15, 0.2) is 4.99 Å². The lowest BCUT2D eigenvalue weighted by Crippen LogP contribution is -2.44. The lowest BCUT2D eigenvalue weighted by Gasteiger charge is -2.26. The van der Waals surface area contributed by atoms with E-state index in [0.29, 0.717) is 6.54 Å². The molecular formula is C19H37N7O. The number of hydrogen-bond acceptors (Lipinski definition) is 5. The van der Waals surface area contributed by atoms with Crippen LogP contribution in [-0.4, -0.2) is 71.6 Å². The van der Waals surface area contributed by atoms with Crippen molar-refractivity contribution in [3.63, 3.8) is 0 Å². The lowest BCUT2D eigenvalue weighted by molar-refractivity contribution is 0.0389. The summed E-state index contributed by atoms with van der Waals surface area (Å²) in [6.45, 7) is 13.5. The summed E-state index contributed by atoms with van der Waals surface area (Å²) in [4.78, 5) is 7.13.